The minimum absolute atomic E-state index is 0.563. The lowest BCUT2D eigenvalue weighted by Crippen LogP contribution is -1.98. The molecule has 0 N–H and O–H groups in total. The molecule has 8 aromatic carbocycles. The topological polar surface area (TPSA) is 62.4 Å². The third kappa shape index (κ3) is 4.51. The summed E-state index contributed by atoms with van der Waals surface area (Å²) in [6, 6.07) is 66.1. The number of hydrogen-bond acceptors (Lipinski definition) is 2. The Bertz CT molecular complexity index is 3420. The van der Waals surface area contributed by atoms with Crippen LogP contribution in [-0.2, 0) is 0 Å². The Kier molecular flexibility index (Phi) is 6.61. The fourth-order valence-corrected chi connectivity index (χ4v) is 8.76. The molecule has 0 atom stereocenters. The summed E-state index contributed by atoms with van der Waals surface area (Å²) in [5.74, 6) is 0. The molecule has 0 saturated carbocycles. The van der Waals surface area contributed by atoms with Crippen molar-refractivity contribution in [3.63, 3.8) is 0 Å². The highest BCUT2D eigenvalue weighted by molar-refractivity contribution is 6.13. The second-order valence-electron chi connectivity index (χ2n) is 14.0. The van der Waals surface area contributed by atoms with E-state index in [1.807, 2.05) is 42.5 Å². The van der Waals surface area contributed by atoms with Gasteiger partial charge in [0.2, 0.25) is 0 Å². The number of fused-ring (bicyclic) bond motifs is 9. The van der Waals surface area contributed by atoms with Crippen molar-refractivity contribution in [1.29, 1.82) is 10.5 Å². The number of benzene rings is 8. The molecule has 0 aliphatic heterocycles. The van der Waals surface area contributed by atoms with Gasteiger partial charge in [0.15, 0.2) is 0 Å². The van der Waals surface area contributed by atoms with Crippen molar-refractivity contribution in [1.82, 2.24) is 13.7 Å². The summed E-state index contributed by atoms with van der Waals surface area (Å²) in [5.41, 5.74) is 12.6. The molecular weight excluding hydrogens is 671 g/mol. The molecule has 0 radical (unpaired) electrons. The van der Waals surface area contributed by atoms with Gasteiger partial charge < -0.3 is 13.7 Å². The van der Waals surface area contributed by atoms with Gasteiger partial charge in [0.05, 0.1) is 56.4 Å². The molecule has 3 aromatic heterocycles. The van der Waals surface area contributed by atoms with Gasteiger partial charge in [0.1, 0.15) is 0 Å². The van der Waals surface area contributed by atoms with E-state index in [0.717, 1.165) is 61.0 Å². The Morgan fingerprint density at radius 1 is 0.327 bits per heavy atom. The van der Waals surface area contributed by atoms with Crippen LogP contribution in [0.25, 0.3) is 93.6 Å². The molecule has 3 heterocycles. The van der Waals surface area contributed by atoms with E-state index in [1.54, 1.807) is 0 Å². The number of nitrogens with zero attached hydrogens (tertiary/aromatic N) is 5. The van der Waals surface area contributed by atoms with Gasteiger partial charge in [0.25, 0.3) is 0 Å². The second-order valence-corrected chi connectivity index (χ2v) is 14.0. The monoisotopic (exact) mass is 699 g/mol. The highest BCUT2D eigenvalue weighted by Gasteiger charge is 2.19. The number of hydrogen-bond donors (Lipinski definition) is 0. The highest BCUT2D eigenvalue weighted by Crippen LogP contribution is 2.39. The highest BCUT2D eigenvalue weighted by atomic mass is 15.0. The smallest absolute Gasteiger partial charge is 0.0998 e. The molecular formula is C50H29N5. The van der Waals surface area contributed by atoms with E-state index in [1.165, 1.54) is 32.6 Å². The Labute approximate surface area is 316 Å². The van der Waals surface area contributed by atoms with Crippen LogP contribution in [0.15, 0.2) is 176 Å². The van der Waals surface area contributed by atoms with Crippen molar-refractivity contribution < 1.29 is 0 Å². The molecule has 0 unspecified atom stereocenters. The standard InChI is InChI=1S/C50H29N5/c51-30-32-25-35(28-38(26-32)55-47-21-8-4-17-43(47)50-34(31-52)12-10-22-48(50)55)33-11-9-13-36(27-33)54-46-20-7-3-16-41(46)42-24-23-37(29-49(42)54)53-44-18-5-1-14-39(44)40-15-2-6-19-45(40)53/h1-29H. The first-order valence-corrected chi connectivity index (χ1v) is 18.3. The third-order valence-corrected chi connectivity index (χ3v) is 11.1. The summed E-state index contributed by atoms with van der Waals surface area (Å²) in [6.45, 7) is 0. The summed E-state index contributed by atoms with van der Waals surface area (Å²) in [7, 11) is 0. The van der Waals surface area contributed by atoms with Crippen LogP contribution in [-0.4, -0.2) is 13.7 Å². The van der Waals surface area contributed by atoms with E-state index >= 15 is 0 Å². The van der Waals surface area contributed by atoms with Gasteiger partial charge in [0, 0.05) is 49.4 Å². The average Bonchev–Trinajstić information content (AvgIpc) is 3.89. The van der Waals surface area contributed by atoms with Gasteiger partial charge >= 0.3 is 0 Å². The van der Waals surface area contributed by atoms with E-state index in [-0.39, 0.29) is 0 Å². The third-order valence-electron chi connectivity index (χ3n) is 11.1. The number of para-hydroxylation sites is 4. The lowest BCUT2D eigenvalue weighted by Gasteiger charge is -2.14. The summed E-state index contributed by atoms with van der Waals surface area (Å²) in [6.07, 6.45) is 0. The summed E-state index contributed by atoms with van der Waals surface area (Å²) >= 11 is 0. The van der Waals surface area contributed by atoms with Crippen molar-refractivity contribution in [2.75, 3.05) is 0 Å². The van der Waals surface area contributed by atoms with Crippen LogP contribution in [0.3, 0.4) is 0 Å². The van der Waals surface area contributed by atoms with E-state index in [4.69, 9.17) is 0 Å². The normalized spacial score (nSPS) is 11.6. The minimum Gasteiger partial charge on any atom is -0.309 e. The number of aromatic nitrogens is 3. The quantitative estimate of drug-likeness (QED) is 0.184. The predicted octanol–water partition coefficient (Wildman–Crippen LogP) is 12.4. The SMILES string of the molecule is N#Cc1cc(-c2cccc(-n3c4ccccc4c4ccc(-n5c6ccccc6c6ccccc65)cc43)c2)cc(-n2c3ccccc3c3c(C#N)cccc32)c1. The maximum Gasteiger partial charge on any atom is 0.0998 e. The van der Waals surface area contributed by atoms with Crippen molar-refractivity contribution in [3.05, 3.63) is 187 Å². The van der Waals surface area contributed by atoms with Gasteiger partial charge in [-0.15, -0.1) is 0 Å². The van der Waals surface area contributed by atoms with Crippen molar-refractivity contribution in [2.45, 2.75) is 0 Å². The van der Waals surface area contributed by atoms with Crippen LogP contribution in [0.4, 0.5) is 0 Å². The van der Waals surface area contributed by atoms with Gasteiger partial charge in [-0.05, 0) is 90.0 Å². The first-order valence-electron chi connectivity index (χ1n) is 18.3. The second kappa shape index (κ2) is 11.8. The molecule has 11 aromatic rings. The van der Waals surface area contributed by atoms with E-state index < -0.39 is 0 Å². The van der Waals surface area contributed by atoms with Crippen molar-refractivity contribution >= 4 is 65.4 Å². The first kappa shape index (κ1) is 30.7. The molecule has 55 heavy (non-hydrogen) atoms. The summed E-state index contributed by atoms with van der Waals surface area (Å²) in [5, 5.41) is 27.1. The molecule has 254 valence electrons. The molecule has 0 bridgehead atoms. The Balaban J connectivity index is 1.12. The minimum atomic E-state index is 0.563. The number of nitriles is 2. The van der Waals surface area contributed by atoms with Gasteiger partial charge in [-0.3, -0.25) is 0 Å². The van der Waals surface area contributed by atoms with Crippen molar-refractivity contribution in [2.24, 2.45) is 0 Å². The zero-order valence-corrected chi connectivity index (χ0v) is 29.5. The molecule has 0 amide bonds. The first-order chi connectivity index (χ1) is 27.2. The molecule has 5 heteroatoms. The van der Waals surface area contributed by atoms with E-state index in [2.05, 4.69) is 159 Å². The van der Waals surface area contributed by atoms with Crippen LogP contribution in [0, 0.1) is 22.7 Å². The van der Waals surface area contributed by atoms with Crippen LogP contribution >= 0.6 is 0 Å². The van der Waals surface area contributed by atoms with E-state index in [9.17, 15) is 10.5 Å². The lowest BCUT2D eigenvalue weighted by atomic mass is 10.0. The molecule has 0 saturated heterocycles. The molecule has 11 rings (SSSR count). The zero-order chi connectivity index (χ0) is 36.6. The fraction of sp³-hybridized carbons (Fsp3) is 0. The fourth-order valence-electron chi connectivity index (χ4n) is 8.76. The molecule has 0 aliphatic carbocycles. The Hall–Kier alpha value is -7.86. The molecule has 5 nitrogen and oxygen atoms in total. The average molecular weight is 700 g/mol. The summed E-state index contributed by atoms with van der Waals surface area (Å²) in [4.78, 5) is 0. The Morgan fingerprint density at radius 2 is 0.836 bits per heavy atom. The van der Waals surface area contributed by atoms with Crippen LogP contribution < -0.4 is 0 Å². The summed E-state index contributed by atoms with van der Waals surface area (Å²) < 4.78 is 6.89. The maximum absolute atomic E-state index is 10.3. The predicted molar refractivity (Wildman–Crippen MR) is 224 cm³/mol. The Morgan fingerprint density at radius 3 is 1.49 bits per heavy atom. The molecule has 0 spiro atoms. The van der Waals surface area contributed by atoms with Crippen LogP contribution in [0.1, 0.15) is 11.1 Å². The maximum atomic E-state index is 10.3. The van der Waals surface area contributed by atoms with Gasteiger partial charge in [-0.2, -0.15) is 10.5 Å². The van der Waals surface area contributed by atoms with Gasteiger partial charge in [-0.1, -0.05) is 97.1 Å². The van der Waals surface area contributed by atoms with Gasteiger partial charge in [-0.25, -0.2) is 0 Å². The van der Waals surface area contributed by atoms with Crippen LogP contribution in [0.2, 0.25) is 0 Å². The van der Waals surface area contributed by atoms with Crippen LogP contribution in [0.5, 0.6) is 0 Å². The lowest BCUT2D eigenvalue weighted by molar-refractivity contribution is 1.15. The largest absolute Gasteiger partial charge is 0.309 e. The molecule has 0 fully saturated rings. The van der Waals surface area contributed by atoms with Crippen molar-refractivity contribution in [3.8, 4) is 40.3 Å². The molecule has 0 aliphatic rings. The zero-order valence-electron chi connectivity index (χ0n) is 29.5. The van der Waals surface area contributed by atoms with E-state index in [0.29, 0.717) is 11.1 Å². The number of rotatable bonds is 4.